The van der Waals surface area contributed by atoms with E-state index in [-0.39, 0.29) is 16.8 Å². The molecule has 2 heterocycles. The SMILES string of the molecule is CCC1CCCCN1S(=O)(=O)c1ccc(C(=O)Nc2cc(C)nn2C)cc1. The molecule has 0 aliphatic carbocycles. The van der Waals surface area contributed by atoms with Crippen LogP contribution in [0.3, 0.4) is 0 Å². The summed E-state index contributed by atoms with van der Waals surface area (Å²) >= 11 is 0. The maximum atomic E-state index is 13.0. The lowest BCUT2D eigenvalue weighted by Gasteiger charge is -2.34. The molecule has 0 saturated carbocycles. The molecular formula is C19H26N4O3S. The number of nitrogens with one attached hydrogen (secondary N) is 1. The van der Waals surface area contributed by atoms with Gasteiger partial charge in [0.15, 0.2) is 0 Å². The summed E-state index contributed by atoms with van der Waals surface area (Å²) in [5.74, 6) is 0.291. The number of rotatable bonds is 5. The number of carbonyl (C=O) groups is 1. The summed E-state index contributed by atoms with van der Waals surface area (Å²) in [5.41, 5.74) is 1.21. The first-order chi connectivity index (χ1) is 12.8. The molecule has 1 aliphatic heterocycles. The lowest BCUT2D eigenvalue weighted by molar-refractivity contribution is 0.102. The van der Waals surface area contributed by atoms with Gasteiger partial charge in [-0.2, -0.15) is 9.40 Å². The fourth-order valence-electron chi connectivity index (χ4n) is 3.53. The van der Waals surface area contributed by atoms with Crippen molar-refractivity contribution in [2.24, 2.45) is 7.05 Å². The number of piperidine rings is 1. The molecule has 1 aromatic carbocycles. The molecule has 3 rings (SSSR count). The zero-order valence-corrected chi connectivity index (χ0v) is 16.8. The molecule has 7 nitrogen and oxygen atoms in total. The second-order valence-electron chi connectivity index (χ2n) is 6.95. The predicted octanol–water partition coefficient (Wildman–Crippen LogP) is 2.93. The lowest BCUT2D eigenvalue weighted by atomic mass is 10.0. The van der Waals surface area contributed by atoms with Crippen molar-refractivity contribution in [1.82, 2.24) is 14.1 Å². The largest absolute Gasteiger partial charge is 0.307 e. The number of amides is 1. The first-order valence-corrected chi connectivity index (χ1v) is 10.7. The molecule has 1 atom stereocenters. The fraction of sp³-hybridized carbons (Fsp3) is 0.474. The summed E-state index contributed by atoms with van der Waals surface area (Å²) in [6.07, 6.45) is 3.67. The van der Waals surface area contributed by atoms with Gasteiger partial charge >= 0.3 is 0 Å². The van der Waals surface area contributed by atoms with Gasteiger partial charge in [0.2, 0.25) is 10.0 Å². The third-order valence-electron chi connectivity index (χ3n) is 5.01. The Kier molecular flexibility index (Phi) is 5.67. The van der Waals surface area contributed by atoms with Gasteiger partial charge in [-0.3, -0.25) is 9.48 Å². The average Bonchev–Trinajstić information content (AvgIpc) is 2.98. The van der Waals surface area contributed by atoms with E-state index >= 15 is 0 Å². The van der Waals surface area contributed by atoms with Crippen LogP contribution in [-0.2, 0) is 17.1 Å². The van der Waals surface area contributed by atoms with Gasteiger partial charge in [-0.1, -0.05) is 13.3 Å². The smallest absolute Gasteiger partial charge is 0.256 e. The van der Waals surface area contributed by atoms with E-state index in [0.717, 1.165) is 31.4 Å². The minimum Gasteiger partial charge on any atom is -0.307 e. The topological polar surface area (TPSA) is 84.3 Å². The van der Waals surface area contributed by atoms with Crippen LogP contribution in [0.2, 0.25) is 0 Å². The Labute approximate surface area is 160 Å². The lowest BCUT2D eigenvalue weighted by Crippen LogP contribution is -2.43. The summed E-state index contributed by atoms with van der Waals surface area (Å²) in [7, 11) is -1.79. The van der Waals surface area contributed by atoms with Crippen molar-refractivity contribution in [1.29, 1.82) is 0 Å². The van der Waals surface area contributed by atoms with Crippen LogP contribution in [0, 0.1) is 6.92 Å². The number of carbonyl (C=O) groups excluding carboxylic acids is 1. The summed E-state index contributed by atoms with van der Waals surface area (Å²) in [4.78, 5) is 12.7. The van der Waals surface area contributed by atoms with Crippen molar-refractivity contribution >= 4 is 21.7 Å². The van der Waals surface area contributed by atoms with Gasteiger partial charge in [-0.15, -0.1) is 0 Å². The number of hydrogen-bond donors (Lipinski definition) is 1. The molecule has 1 aliphatic rings. The molecule has 2 aromatic rings. The van der Waals surface area contributed by atoms with Crippen LogP contribution in [0.5, 0.6) is 0 Å². The van der Waals surface area contributed by atoms with E-state index in [4.69, 9.17) is 0 Å². The summed E-state index contributed by atoms with van der Waals surface area (Å²) in [5, 5.41) is 6.97. The Morgan fingerprint density at radius 1 is 1.26 bits per heavy atom. The highest BCUT2D eigenvalue weighted by Gasteiger charge is 2.32. The van der Waals surface area contributed by atoms with Gasteiger partial charge in [0, 0.05) is 31.3 Å². The van der Waals surface area contributed by atoms with Gasteiger partial charge in [-0.25, -0.2) is 8.42 Å². The maximum Gasteiger partial charge on any atom is 0.256 e. The van der Waals surface area contributed by atoms with Gasteiger partial charge in [-0.05, 0) is 50.5 Å². The molecule has 1 amide bonds. The number of aryl methyl sites for hydroxylation is 2. The van der Waals surface area contributed by atoms with E-state index < -0.39 is 10.0 Å². The molecule has 1 aromatic heterocycles. The second-order valence-corrected chi connectivity index (χ2v) is 8.84. The number of nitrogens with zero attached hydrogens (tertiary/aromatic N) is 3. The minimum atomic E-state index is -3.54. The molecule has 0 radical (unpaired) electrons. The molecule has 1 fully saturated rings. The molecule has 0 bridgehead atoms. The number of benzene rings is 1. The van der Waals surface area contributed by atoms with Crippen LogP contribution < -0.4 is 5.32 Å². The van der Waals surface area contributed by atoms with Crippen molar-refractivity contribution in [3.63, 3.8) is 0 Å². The number of anilines is 1. The molecule has 1 saturated heterocycles. The minimum absolute atomic E-state index is 0.0554. The van der Waals surface area contributed by atoms with Gasteiger partial charge in [0.1, 0.15) is 5.82 Å². The van der Waals surface area contributed by atoms with Crippen LogP contribution in [-0.4, -0.2) is 41.0 Å². The molecule has 0 spiro atoms. The first-order valence-electron chi connectivity index (χ1n) is 9.27. The highest BCUT2D eigenvalue weighted by atomic mass is 32.2. The van der Waals surface area contributed by atoms with Crippen LogP contribution >= 0.6 is 0 Å². The van der Waals surface area contributed by atoms with Crippen LogP contribution in [0.25, 0.3) is 0 Å². The Hall–Kier alpha value is -2.19. The van der Waals surface area contributed by atoms with Crippen molar-refractivity contribution in [3.8, 4) is 0 Å². The van der Waals surface area contributed by atoms with Crippen LogP contribution in [0.15, 0.2) is 35.2 Å². The van der Waals surface area contributed by atoms with Gasteiger partial charge < -0.3 is 5.32 Å². The van der Waals surface area contributed by atoms with E-state index in [9.17, 15) is 13.2 Å². The third kappa shape index (κ3) is 4.06. The van der Waals surface area contributed by atoms with E-state index in [0.29, 0.717) is 17.9 Å². The van der Waals surface area contributed by atoms with Crippen molar-refractivity contribution in [3.05, 3.63) is 41.6 Å². The monoisotopic (exact) mass is 390 g/mol. The summed E-state index contributed by atoms with van der Waals surface area (Å²) < 4.78 is 29.2. The second kappa shape index (κ2) is 7.82. The van der Waals surface area contributed by atoms with Crippen molar-refractivity contribution < 1.29 is 13.2 Å². The van der Waals surface area contributed by atoms with Gasteiger partial charge in [0.05, 0.1) is 10.6 Å². The maximum absolute atomic E-state index is 13.0. The molecule has 146 valence electrons. The van der Waals surface area contributed by atoms with E-state index in [1.165, 1.54) is 12.1 Å². The fourth-order valence-corrected chi connectivity index (χ4v) is 5.30. The highest BCUT2D eigenvalue weighted by Crippen LogP contribution is 2.27. The highest BCUT2D eigenvalue weighted by molar-refractivity contribution is 7.89. The molecule has 8 heteroatoms. The molecule has 1 unspecified atom stereocenters. The predicted molar refractivity (Wildman–Crippen MR) is 104 cm³/mol. The van der Waals surface area contributed by atoms with Gasteiger partial charge in [0.25, 0.3) is 5.91 Å². The normalized spacial score (nSPS) is 18.4. The number of aromatic nitrogens is 2. The van der Waals surface area contributed by atoms with Crippen molar-refractivity contribution in [2.75, 3.05) is 11.9 Å². The van der Waals surface area contributed by atoms with Crippen LogP contribution in [0.4, 0.5) is 5.82 Å². The zero-order valence-electron chi connectivity index (χ0n) is 16.0. The van der Waals surface area contributed by atoms with E-state index in [1.54, 1.807) is 34.2 Å². The molecule has 1 N–H and O–H groups in total. The summed E-state index contributed by atoms with van der Waals surface area (Å²) in [6.45, 7) is 4.43. The Bertz CT molecular complexity index is 919. The molecule has 27 heavy (non-hydrogen) atoms. The number of sulfonamides is 1. The zero-order chi connectivity index (χ0) is 19.6. The van der Waals surface area contributed by atoms with E-state index in [2.05, 4.69) is 10.4 Å². The standard InChI is InChI=1S/C19H26N4O3S/c1-4-16-7-5-6-12-23(16)27(25,26)17-10-8-15(9-11-17)19(24)20-18-13-14(2)21-22(18)3/h8-11,13,16H,4-7,12H2,1-3H3,(H,20,24). The molecular weight excluding hydrogens is 364 g/mol. The Morgan fingerprint density at radius 2 is 1.96 bits per heavy atom. The Morgan fingerprint density at radius 3 is 2.56 bits per heavy atom. The van der Waals surface area contributed by atoms with Crippen LogP contribution in [0.1, 0.15) is 48.7 Å². The summed E-state index contributed by atoms with van der Waals surface area (Å²) in [6, 6.07) is 7.96. The number of hydrogen-bond acceptors (Lipinski definition) is 4. The quantitative estimate of drug-likeness (QED) is 0.851. The third-order valence-corrected chi connectivity index (χ3v) is 6.98. The average molecular weight is 391 g/mol. The van der Waals surface area contributed by atoms with Crippen molar-refractivity contribution in [2.45, 2.75) is 50.5 Å². The van der Waals surface area contributed by atoms with E-state index in [1.807, 2.05) is 13.8 Å². The first kappa shape index (κ1) is 19.6. The Balaban J connectivity index is 1.78.